The molecule has 1 aromatic carbocycles. The first kappa shape index (κ1) is 23.2. The Morgan fingerprint density at radius 1 is 1.28 bits per heavy atom. The highest BCUT2D eigenvalue weighted by Crippen LogP contribution is 2.37. The lowest BCUT2D eigenvalue weighted by Crippen LogP contribution is -2.39. The van der Waals surface area contributed by atoms with Gasteiger partial charge in [0.2, 0.25) is 0 Å². The summed E-state index contributed by atoms with van der Waals surface area (Å²) in [6, 6.07) is 6.43. The van der Waals surface area contributed by atoms with Crippen molar-refractivity contribution in [3.05, 3.63) is 34.8 Å². The molecular weight excluding hydrogens is 418 g/mol. The lowest BCUT2D eigenvalue weighted by Gasteiger charge is -2.37. The molecule has 174 valence electrons. The summed E-state index contributed by atoms with van der Waals surface area (Å²) in [6.45, 7) is 13.3. The van der Waals surface area contributed by atoms with Gasteiger partial charge in [-0.1, -0.05) is 26.0 Å². The largest absolute Gasteiger partial charge is 0.443 e. The number of fused-ring (bicyclic) bond motifs is 1. The van der Waals surface area contributed by atoms with Gasteiger partial charge in [0.05, 0.1) is 20.9 Å². The van der Waals surface area contributed by atoms with Gasteiger partial charge in [-0.05, 0) is 83.6 Å². The van der Waals surface area contributed by atoms with Crippen LogP contribution in [-0.2, 0) is 11.2 Å². The zero-order valence-electron chi connectivity index (χ0n) is 20.4. The number of carbonyl (C=O) groups excluding carboxylic acids is 1. The third-order valence-electron chi connectivity index (χ3n) is 6.61. The standard InChI is InChI=1S/C26H37N3O2S/c1-18-7-9-21(29(17-18)24(30)31-25(2,3)4)19-8-10-22-20(15-19)27-23(32-22)16-26(5)11-13-28(6)14-12-26/h8-10,15,18H,7,11-14,16-17H2,1-6H3. The predicted molar refractivity (Wildman–Crippen MR) is 133 cm³/mol. The van der Waals surface area contributed by atoms with Gasteiger partial charge in [0, 0.05) is 18.5 Å². The summed E-state index contributed by atoms with van der Waals surface area (Å²) in [5, 5.41) is 1.22. The second-order valence-electron chi connectivity index (χ2n) is 11.1. The van der Waals surface area contributed by atoms with E-state index in [1.807, 2.05) is 32.1 Å². The number of ether oxygens (including phenoxy) is 1. The minimum absolute atomic E-state index is 0.274. The highest BCUT2D eigenvalue weighted by Gasteiger charge is 2.31. The first-order chi connectivity index (χ1) is 15.0. The molecule has 4 rings (SSSR count). The van der Waals surface area contributed by atoms with Gasteiger partial charge in [0.1, 0.15) is 5.60 Å². The van der Waals surface area contributed by atoms with E-state index in [-0.39, 0.29) is 6.09 Å². The first-order valence-electron chi connectivity index (χ1n) is 11.8. The van der Waals surface area contributed by atoms with Crippen LogP contribution in [0.15, 0.2) is 24.3 Å². The zero-order valence-corrected chi connectivity index (χ0v) is 21.2. The highest BCUT2D eigenvalue weighted by atomic mass is 32.1. The second kappa shape index (κ2) is 8.79. The fourth-order valence-electron chi connectivity index (χ4n) is 4.58. The van der Waals surface area contributed by atoms with E-state index in [1.165, 1.54) is 35.6 Å². The van der Waals surface area contributed by atoms with Crippen LogP contribution in [0.5, 0.6) is 0 Å². The van der Waals surface area contributed by atoms with E-state index in [0.717, 1.165) is 29.6 Å². The maximum atomic E-state index is 12.9. The smallest absolute Gasteiger partial charge is 0.414 e. The molecule has 2 aromatic rings. The predicted octanol–water partition coefficient (Wildman–Crippen LogP) is 6.19. The Morgan fingerprint density at radius 2 is 2.00 bits per heavy atom. The maximum Gasteiger partial charge on any atom is 0.414 e. The second-order valence-corrected chi connectivity index (χ2v) is 12.2. The SMILES string of the molecule is CC1CC=C(c2ccc3sc(CC4(C)CCN(C)CC4)nc3c2)N(C(=O)OC(C)(C)C)C1. The highest BCUT2D eigenvalue weighted by molar-refractivity contribution is 7.18. The number of aromatic nitrogens is 1. The fraction of sp³-hybridized carbons (Fsp3) is 0.615. The number of hydrogen-bond donors (Lipinski definition) is 0. The van der Waals surface area contributed by atoms with E-state index in [0.29, 0.717) is 17.9 Å². The lowest BCUT2D eigenvalue weighted by atomic mass is 9.78. The third-order valence-corrected chi connectivity index (χ3v) is 7.65. The van der Waals surface area contributed by atoms with Gasteiger partial charge in [-0.25, -0.2) is 9.78 Å². The van der Waals surface area contributed by atoms with Crippen molar-refractivity contribution in [2.24, 2.45) is 11.3 Å². The average Bonchev–Trinajstić information content (AvgIpc) is 3.10. The molecule has 1 amide bonds. The van der Waals surface area contributed by atoms with Gasteiger partial charge in [-0.2, -0.15) is 0 Å². The van der Waals surface area contributed by atoms with Crippen molar-refractivity contribution in [2.75, 3.05) is 26.7 Å². The van der Waals surface area contributed by atoms with Crippen LogP contribution >= 0.6 is 11.3 Å². The van der Waals surface area contributed by atoms with E-state index < -0.39 is 5.60 Å². The minimum atomic E-state index is -0.513. The topological polar surface area (TPSA) is 45.7 Å². The Morgan fingerprint density at radius 3 is 2.69 bits per heavy atom. The van der Waals surface area contributed by atoms with Crippen LogP contribution in [0.1, 0.15) is 64.5 Å². The Kier molecular flexibility index (Phi) is 6.38. The summed E-state index contributed by atoms with van der Waals surface area (Å²) in [4.78, 5) is 22.2. The average molecular weight is 456 g/mol. The molecule has 5 nitrogen and oxygen atoms in total. The number of allylic oxidation sites excluding steroid dienone is 1. The minimum Gasteiger partial charge on any atom is -0.443 e. The number of rotatable bonds is 3. The van der Waals surface area contributed by atoms with Gasteiger partial charge in [0.25, 0.3) is 0 Å². The Balaban J connectivity index is 1.58. The van der Waals surface area contributed by atoms with E-state index in [4.69, 9.17) is 9.72 Å². The summed E-state index contributed by atoms with van der Waals surface area (Å²) in [7, 11) is 2.21. The molecule has 0 radical (unpaired) electrons. The molecule has 0 N–H and O–H groups in total. The van der Waals surface area contributed by atoms with Crippen molar-refractivity contribution < 1.29 is 9.53 Å². The van der Waals surface area contributed by atoms with Crippen molar-refractivity contribution in [3.63, 3.8) is 0 Å². The Hall–Kier alpha value is -1.92. The zero-order chi connectivity index (χ0) is 23.1. The molecule has 32 heavy (non-hydrogen) atoms. The van der Waals surface area contributed by atoms with Crippen LogP contribution < -0.4 is 0 Å². The third kappa shape index (κ3) is 5.34. The molecular formula is C26H37N3O2S. The van der Waals surface area contributed by atoms with Crippen molar-refractivity contribution in [1.29, 1.82) is 0 Å². The van der Waals surface area contributed by atoms with E-state index in [9.17, 15) is 4.79 Å². The molecule has 1 unspecified atom stereocenters. The summed E-state index contributed by atoms with van der Waals surface area (Å²) in [5.41, 5.74) is 2.83. The Labute approximate surface area is 196 Å². The van der Waals surface area contributed by atoms with Gasteiger partial charge < -0.3 is 9.64 Å². The Bertz CT molecular complexity index is 1010. The molecule has 2 aliphatic heterocycles. The quantitative estimate of drug-likeness (QED) is 0.554. The fourth-order valence-corrected chi connectivity index (χ4v) is 5.75. The number of thiazole rings is 1. The molecule has 0 saturated carbocycles. The number of hydrogen-bond acceptors (Lipinski definition) is 5. The van der Waals surface area contributed by atoms with Crippen LogP contribution in [-0.4, -0.2) is 53.2 Å². The summed E-state index contributed by atoms with van der Waals surface area (Å²) < 4.78 is 6.92. The number of amides is 1. The van der Waals surface area contributed by atoms with Crippen molar-refractivity contribution in [1.82, 2.24) is 14.8 Å². The molecule has 1 fully saturated rings. The van der Waals surface area contributed by atoms with Crippen LogP contribution in [0.2, 0.25) is 0 Å². The normalized spacial score (nSPS) is 22.1. The molecule has 1 saturated heterocycles. The number of nitrogens with zero attached hydrogens (tertiary/aromatic N) is 3. The molecule has 0 aliphatic carbocycles. The van der Waals surface area contributed by atoms with Crippen LogP contribution in [0.3, 0.4) is 0 Å². The lowest BCUT2D eigenvalue weighted by molar-refractivity contribution is 0.0327. The summed E-state index contributed by atoms with van der Waals surface area (Å²) in [5.74, 6) is 0.413. The van der Waals surface area contributed by atoms with Crippen LogP contribution in [0, 0.1) is 11.3 Å². The molecule has 6 heteroatoms. The molecule has 3 heterocycles. The molecule has 0 spiro atoms. The molecule has 0 bridgehead atoms. The van der Waals surface area contributed by atoms with Gasteiger partial charge in [-0.15, -0.1) is 11.3 Å². The monoisotopic (exact) mass is 455 g/mol. The summed E-state index contributed by atoms with van der Waals surface area (Å²) in [6.07, 6.45) is 6.35. The number of likely N-dealkylation sites (tertiary alicyclic amines) is 1. The molecule has 1 atom stereocenters. The van der Waals surface area contributed by atoms with Gasteiger partial charge in [-0.3, -0.25) is 4.90 Å². The summed E-state index contributed by atoms with van der Waals surface area (Å²) >= 11 is 1.81. The van der Waals surface area contributed by atoms with Crippen LogP contribution in [0.25, 0.3) is 15.9 Å². The first-order valence-corrected chi connectivity index (χ1v) is 12.6. The van der Waals surface area contributed by atoms with Gasteiger partial charge in [0.15, 0.2) is 0 Å². The van der Waals surface area contributed by atoms with Crippen molar-refractivity contribution >= 4 is 33.3 Å². The van der Waals surface area contributed by atoms with Crippen molar-refractivity contribution in [2.45, 2.75) is 65.9 Å². The molecule has 2 aliphatic rings. The van der Waals surface area contributed by atoms with Gasteiger partial charge >= 0.3 is 6.09 Å². The number of benzene rings is 1. The van der Waals surface area contributed by atoms with E-state index >= 15 is 0 Å². The maximum absolute atomic E-state index is 12.9. The van der Waals surface area contributed by atoms with Crippen molar-refractivity contribution in [3.8, 4) is 0 Å². The number of carbonyl (C=O) groups is 1. The van der Waals surface area contributed by atoms with E-state index in [1.54, 1.807) is 4.90 Å². The van der Waals surface area contributed by atoms with E-state index in [2.05, 4.69) is 50.1 Å². The van der Waals surface area contributed by atoms with Crippen LogP contribution in [0.4, 0.5) is 4.79 Å². The molecule has 1 aromatic heterocycles. The number of piperidine rings is 1.